The molecule has 0 fully saturated rings. The molecule has 3 aromatic carbocycles. The quantitative estimate of drug-likeness (QED) is 0.153. The minimum atomic E-state index is -0.208. The summed E-state index contributed by atoms with van der Waals surface area (Å²) in [5.74, 6) is 3.60. The van der Waals surface area contributed by atoms with E-state index in [1.54, 1.807) is 19.2 Å². The van der Waals surface area contributed by atoms with Gasteiger partial charge >= 0.3 is 0 Å². The Morgan fingerprint density at radius 1 is 0.860 bits per heavy atom. The average Bonchev–Trinajstić information content (AvgIpc) is 3.39. The van der Waals surface area contributed by atoms with Crippen molar-refractivity contribution in [2.24, 2.45) is 0 Å². The summed E-state index contributed by atoms with van der Waals surface area (Å²) in [4.78, 5) is 17.8. The Hall–Kier alpha value is -4.66. The Balaban J connectivity index is 1.32. The van der Waals surface area contributed by atoms with Crippen LogP contribution in [-0.2, 0) is 13.0 Å². The van der Waals surface area contributed by atoms with Crippen LogP contribution in [0.1, 0.15) is 47.9 Å². The van der Waals surface area contributed by atoms with Gasteiger partial charge in [-0.25, -0.2) is 4.98 Å². The normalized spacial score (nSPS) is 11.1. The smallest absolute Gasteiger partial charge is 0.251 e. The molecule has 0 unspecified atom stereocenters. The number of unbranched alkanes of at least 4 members (excludes halogenated alkanes) is 1. The number of aromatic nitrogens is 2. The fourth-order valence-corrected chi connectivity index (χ4v) is 4.98. The molecule has 0 radical (unpaired) electrons. The number of fused-ring (bicyclic) bond motifs is 1. The highest BCUT2D eigenvalue weighted by molar-refractivity contribution is 5.95. The molecular weight excluding hydrogens is 546 g/mol. The highest BCUT2D eigenvalue weighted by Gasteiger charge is 2.17. The van der Waals surface area contributed by atoms with E-state index in [0.29, 0.717) is 36.0 Å². The number of imidazole rings is 1. The topological polar surface area (TPSA) is 93.1 Å². The largest absolute Gasteiger partial charge is 0.493 e. The fourth-order valence-electron chi connectivity index (χ4n) is 4.98. The van der Waals surface area contributed by atoms with Crippen LogP contribution in [0.4, 0.5) is 0 Å². The number of carbonyl (C=O) groups is 1. The van der Waals surface area contributed by atoms with Gasteiger partial charge in [-0.1, -0.05) is 30.4 Å². The Bertz CT molecular complexity index is 1520. The SMILES string of the molecule is C/C=C/c1ccc(OCCCCn2c(CCCNC(=O)c3cc(OC)c(OC)c(OC)c3)nc3ccccc32)c(OC)c1. The zero-order valence-electron chi connectivity index (χ0n) is 25.6. The summed E-state index contributed by atoms with van der Waals surface area (Å²) in [6.45, 7) is 3.91. The van der Waals surface area contributed by atoms with Crippen LogP contribution in [0.25, 0.3) is 17.1 Å². The number of hydrogen-bond donors (Lipinski definition) is 1. The second-order valence-corrected chi connectivity index (χ2v) is 9.91. The molecule has 0 saturated heterocycles. The molecular formula is C34H41N3O6. The number of carbonyl (C=O) groups excluding carboxylic acids is 1. The number of nitrogens with zero attached hydrogens (tertiary/aromatic N) is 2. The summed E-state index contributed by atoms with van der Waals surface area (Å²) >= 11 is 0. The lowest BCUT2D eigenvalue weighted by molar-refractivity contribution is 0.0952. The van der Waals surface area contributed by atoms with Gasteiger partial charge in [0.15, 0.2) is 23.0 Å². The van der Waals surface area contributed by atoms with Gasteiger partial charge in [0, 0.05) is 25.1 Å². The van der Waals surface area contributed by atoms with E-state index in [2.05, 4.69) is 16.0 Å². The number of para-hydroxylation sites is 2. The summed E-state index contributed by atoms with van der Waals surface area (Å²) in [7, 11) is 6.24. The monoisotopic (exact) mass is 587 g/mol. The van der Waals surface area contributed by atoms with Gasteiger partial charge in [-0.2, -0.15) is 0 Å². The maximum absolute atomic E-state index is 12.9. The molecule has 9 heteroatoms. The van der Waals surface area contributed by atoms with Crippen molar-refractivity contribution >= 4 is 23.0 Å². The third kappa shape index (κ3) is 7.80. The summed E-state index contributed by atoms with van der Waals surface area (Å²) < 4.78 is 29.9. The number of aryl methyl sites for hydroxylation is 2. The molecule has 0 atom stereocenters. The summed E-state index contributed by atoms with van der Waals surface area (Å²) in [6, 6.07) is 17.4. The van der Waals surface area contributed by atoms with Crippen molar-refractivity contribution in [3.05, 3.63) is 77.6 Å². The third-order valence-electron chi connectivity index (χ3n) is 7.10. The lowest BCUT2D eigenvalue weighted by Crippen LogP contribution is -2.25. The summed E-state index contributed by atoms with van der Waals surface area (Å²) in [6.07, 6.45) is 7.32. The lowest BCUT2D eigenvalue weighted by Gasteiger charge is -2.14. The molecule has 9 nitrogen and oxygen atoms in total. The van der Waals surface area contributed by atoms with Crippen molar-refractivity contribution < 1.29 is 28.5 Å². The second kappa shape index (κ2) is 15.5. The lowest BCUT2D eigenvalue weighted by atomic mass is 10.1. The number of allylic oxidation sites excluding steroid dienone is 1. The van der Waals surface area contributed by atoms with E-state index < -0.39 is 0 Å². The highest BCUT2D eigenvalue weighted by Crippen LogP contribution is 2.38. The van der Waals surface area contributed by atoms with Crippen LogP contribution in [0, 0.1) is 0 Å². The number of methoxy groups -OCH3 is 4. The summed E-state index contributed by atoms with van der Waals surface area (Å²) in [5.41, 5.74) is 3.60. The first kappa shape index (κ1) is 31.3. The molecule has 0 spiro atoms. The Labute approximate surface area is 253 Å². The zero-order chi connectivity index (χ0) is 30.6. The average molecular weight is 588 g/mol. The predicted molar refractivity (Wildman–Crippen MR) is 169 cm³/mol. The van der Waals surface area contributed by atoms with Crippen molar-refractivity contribution in [1.29, 1.82) is 0 Å². The van der Waals surface area contributed by atoms with Gasteiger partial charge in [-0.05, 0) is 68.1 Å². The van der Waals surface area contributed by atoms with E-state index in [9.17, 15) is 4.79 Å². The molecule has 0 aliphatic rings. The van der Waals surface area contributed by atoms with E-state index in [1.165, 1.54) is 21.3 Å². The molecule has 0 aliphatic carbocycles. The first-order chi connectivity index (χ1) is 21.0. The zero-order valence-corrected chi connectivity index (χ0v) is 25.6. The fraction of sp³-hybridized carbons (Fsp3) is 0.353. The maximum Gasteiger partial charge on any atom is 0.251 e. The van der Waals surface area contributed by atoms with Crippen LogP contribution >= 0.6 is 0 Å². The molecule has 4 rings (SSSR count). The molecule has 0 aliphatic heterocycles. The molecule has 1 N–H and O–H groups in total. The molecule has 1 aromatic heterocycles. The molecule has 1 heterocycles. The van der Waals surface area contributed by atoms with E-state index in [4.69, 9.17) is 28.7 Å². The van der Waals surface area contributed by atoms with Gasteiger partial charge in [0.25, 0.3) is 5.91 Å². The third-order valence-corrected chi connectivity index (χ3v) is 7.10. The second-order valence-electron chi connectivity index (χ2n) is 9.91. The number of benzene rings is 3. The van der Waals surface area contributed by atoms with Crippen molar-refractivity contribution in [3.63, 3.8) is 0 Å². The highest BCUT2D eigenvalue weighted by atomic mass is 16.5. The first-order valence-electron chi connectivity index (χ1n) is 14.5. The van der Waals surface area contributed by atoms with Gasteiger partial charge in [-0.15, -0.1) is 0 Å². The molecule has 43 heavy (non-hydrogen) atoms. The Morgan fingerprint density at radius 3 is 2.30 bits per heavy atom. The number of hydrogen-bond acceptors (Lipinski definition) is 7. The summed E-state index contributed by atoms with van der Waals surface area (Å²) in [5, 5.41) is 3.00. The number of rotatable bonds is 16. The van der Waals surface area contributed by atoms with Crippen LogP contribution in [0.5, 0.6) is 28.7 Å². The van der Waals surface area contributed by atoms with Crippen LogP contribution < -0.4 is 29.0 Å². The molecule has 4 aromatic rings. The van der Waals surface area contributed by atoms with Crippen molar-refractivity contribution in [2.75, 3.05) is 41.6 Å². The van der Waals surface area contributed by atoms with Gasteiger partial charge in [0.1, 0.15) is 5.82 Å². The van der Waals surface area contributed by atoms with Crippen molar-refractivity contribution in [2.45, 2.75) is 39.2 Å². The Kier molecular flexibility index (Phi) is 11.3. The van der Waals surface area contributed by atoms with E-state index in [0.717, 1.165) is 66.1 Å². The standard InChI is InChI=1S/C34H41N3O6/c1-6-12-24-16-17-28(29(21-24)39-2)43-20-10-9-19-37-27-14-8-7-13-26(27)36-32(37)15-11-18-35-34(38)25-22-30(40-3)33(42-5)31(23-25)41-4/h6-8,12-14,16-17,21-23H,9-11,15,18-20H2,1-5H3,(H,35,38)/b12-6+. The van der Waals surface area contributed by atoms with E-state index in [1.807, 2.05) is 55.5 Å². The van der Waals surface area contributed by atoms with Crippen LogP contribution in [0.15, 0.2) is 60.7 Å². The first-order valence-corrected chi connectivity index (χ1v) is 14.5. The molecule has 0 bridgehead atoms. The molecule has 0 saturated carbocycles. The van der Waals surface area contributed by atoms with E-state index in [-0.39, 0.29) is 5.91 Å². The number of nitrogens with one attached hydrogen (secondary N) is 1. The van der Waals surface area contributed by atoms with Crippen molar-refractivity contribution in [1.82, 2.24) is 14.9 Å². The van der Waals surface area contributed by atoms with Crippen LogP contribution in [-0.4, -0.2) is 57.0 Å². The van der Waals surface area contributed by atoms with Gasteiger partial charge in [-0.3, -0.25) is 4.79 Å². The molecule has 1 amide bonds. The van der Waals surface area contributed by atoms with E-state index >= 15 is 0 Å². The van der Waals surface area contributed by atoms with Crippen LogP contribution in [0.2, 0.25) is 0 Å². The maximum atomic E-state index is 12.9. The number of ether oxygens (including phenoxy) is 5. The predicted octanol–water partition coefficient (Wildman–Crippen LogP) is 6.33. The number of amides is 1. The van der Waals surface area contributed by atoms with Gasteiger partial charge in [0.05, 0.1) is 46.1 Å². The Morgan fingerprint density at radius 2 is 1.60 bits per heavy atom. The van der Waals surface area contributed by atoms with Crippen molar-refractivity contribution in [3.8, 4) is 28.7 Å². The van der Waals surface area contributed by atoms with Gasteiger partial charge < -0.3 is 33.6 Å². The molecule has 228 valence electrons. The van der Waals surface area contributed by atoms with Crippen LogP contribution in [0.3, 0.4) is 0 Å². The van der Waals surface area contributed by atoms with Gasteiger partial charge in [0.2, 0.25) is 5.75 Å². The minimum absolute atomic E-state index is 0.208. The minimum Gasteiger partial charge on any atom is -0.493 e.